The maximum Gasteiger partial charge on any atom is 0.276 e. The molecule has 94 valence electrons. The molecule has 2 aromatic rings. The van der Waals surface area contributed by atoms with E-state index >= 15 is 0 Å². The minimum Gasteiger partial charge on any atom is -0.320 e. The maximum absolute atomic E-state index is 12.0. The molecule has 1 amide bonds. The number of carbonyl (C=O) groups excluding carboxylic acids is 1. The van der Waals surface area contributed by atoms with Crippen molar-refractivity contribution < 1.29 is 4.79 Å². The number of hydrogen-bond acceptors (Lipinski definition) is 2. The second-order valence-electron chi connectivity index (χ2n) is 4.33. The van der Waals surface area contributed by atoms with Crippen LogP contribution in [-0.2, 0) is 6.54 Å². The fraction of sp³-hybridized carbons (Fsp3) is 0.286. The Balaban J connectivity index is 2.18. The van der Waals surface area contributed by atoms with Gasteiger partial charge < -0.3 is 5.32 Å². The molecule has 4 heteroatoms. The molecule has 0 saturated carbocycles. The highest BCUT2D eigenvalue weighted by Gasteiger charge is 2.10. The Morgan fingerprint density at radius 3 is 2.78 bits per heavy atom. The SMILES string of the molecule is CCn1ccc(C(=O)Nc2cc(C)ccc2C)n1. The lowest BCUT2D eigenvalue weighted by molar-refractivity contribution is 0.102. The minimum atomic E-state index is -0.170. The van der Waals surface area contributed by atoms with Gasteiger partial charge in [-0.3, -0.25) is 9.48 Å². The Kier molecular flexibility index (Phi) is 3.46. The van der Waals surface area contributed by atoms with Crippen molar-refractivity contribution in [1.29, 1.82) is 0 Å². The van der Waals surface area contributed by atoms with Crippen molar-refractivity contribution in [1.82, 2.24) is 9.78 Å². The third-order valence-electron chi connectivity index (χ3n) is 2.84. The van der Waals surface area contributed by atoms with Crippen molar-refractivity contribution in [3.8, 4) is 0 Å². The molecule has 0 saturated heterocycles. The van der Waals surface area contributed by atoms with Gasteiger partial charge in [0.05, 0.1) is 0 Å². The van der Waals surface area contributed by atoms with Crippen molar-refractivity contribution in [2.45, 2.75) is 27.3 Å². The zero-order valence-corrected chi connectivity index (χ0v) is 10.9. The molecular weight excluding hydrogens is 226 g/mol. The molecule has 0 aliphatic heterocycles. The second kappa shape index (κ2) is 5.04. The molecule has 1 aromatic carbocycles. The highest BCUT2D eigenvalue weighted by molar-refractivity contribution is 6.03. The van der Waals surface area contributed by atoms with Crippen LogP contribution in [0.15, 0.2) is 30.5 Å². The van der Waals surface area contributed by atoms with Crippen molar-refractivity contribution in [2.75, 3.05) is 5.32 Å². The first-order valence-corrected chi connectivity index (χ1v) is 6.02. The van der Waals surface area contributed by atoms with Crippen LogP contribution in [0.2, 0.25) is 0 Å². The van der Waals surface area contributed by atoms with Crippen LogP contribution in [-0.4, -0.2) is 15.7 Å². The molecule has 4 nitrogen and oxygen atoms in total. The molecule has 0 aliphatic carbocycles. The topological polar surface area (TPSA) is 46.9 Å². The van der Waals surface area contributed by atoms with Gasteiger partial charge in [-0.05, 0) is 44.0 Å². The van der Waals surface area contributed by atoms with Gasteiger partial charge in [0.2, 0.25) is 0 Å². The molecular formula is C14H17N3O. The fourth-order valence-corrected chi connectivity index (χ4v) is 1.72. The van der Waals surface area contributed by atoms with Gasteiger partial charge in [-0.2, -0.15) is 5.10 Å². The molecule has 1 heterocycles. The van der Waals surface area contributed by atoms with Crippen LogP contribution in [0, 0.1) is 13.8 Å². The normalized spacial score (nSPS) is 10.4. The van der Waals surface area contributed by atoms with Crippen LogP contribution in [0.1, 0.15) is 28.5 Å². The zero-order valence-electron chi connectivity index (χ0n) is 10.9. The molecule has 0 bridgehead atoms. The molecule has 0 atom stereocenters. The first-order valence-electron chi connectivity index (χ1n) is 6.02. The van der Waals surface area contributed by atoms with E-state index < -0.39 is 0 Å². The summed E-state index contributed by atoms with van der Waals surface area (Å²) in [4.78, 5) is 12.0. The fourth-order valence-electron chi connectivity index (χ4n) is 1.72. The van der Waals surface area contributed by atoms with Crippen LogP contribution >= 0.6 is 0 Å². The lowest BCUT2D eigenvalue weighted by Gasteiger charge is -2.07. The van der Waals surface area contributed by atoms with Gasteiger partial charge in [0.15, 0.2) is 5.69 Å². The number of nitrogens with zero attached hydrogens (tertiary/aromatic N) is 2. The summed E-state index contributed by atoms with van der Waals surface area (Å²) in [5.74, 6) is -0.170. The van der Waals surface area contributed by atoms with Gasteiger partial charge in [-0.25, -0.2) is 0 Å². The Morgan fingerprint density at radius 2 is 2.11 bits per heavy atom. The van der Waals surface area contributed by atoms with Crippen molar-refractivity contribution in [3.05, 3.63) is 47.3 Å². The molecule has 2 rings (SSSR count). The number of benzene rings is 1. The van der Waals surface area contributed by atoms with Crippen molar-refractivity contribution in [2.24, 2.45) is 0 Å². The van der Waals surface area contributed by atoms with E-state index in [1.807, 2.05) is 39.0 Å². The van der Waals surface area contributed by atoms with Gasteiger partial charge in [0.25, 0.3) is 5.91 Å². The number of aromatic nitrogens is 2. The predicted octanol–water partition coefficient (Wildman–Crippen LogP) is 2.77. The summed E-state index contributed by atoms with van der Waals surface area (Å²) >= 11 is 0. The number of hydrogen-bond donors (Lipinski definition) is 1. The van der Waals surface area contributed by atoms with E-state index in [4.69, 9.17) is 0 Å². The van der Waals surface area contributed by atoms with E-state index in [-0.39, 0.29) is 5.91 Å². The summed E-state index contributed by atoms with van der Waals surface area (Å²) in [6.07, 6.45) is 1.80. The van der Waals surface area contributed by atoms with Crippen LogP contribution < -0.4 is 5.32 Å². The zero-order chi connectivity index (χ0) is 13.1. The smallest absolute Gasteiger partial charge is 0.276 e. The van der Waals surface area contributed by atoms with E-state index in [2.05, 4.69) is 10.4 Å². The molecule has 0 radical (unpaired) electrons. The van der Waals surface area contributed by atoms with Crippen LogP contribution in [0.25, 0.3) is 0 Å². The average Bonchev–Trinajstić information content (AvgIpc) is 2.82. The van der Waals surface area contributed by atoms with Gasteiger partial charge in [0.1, 0.15) is 0 Å². The van der Waals surface area contributed by atoms with Crippen LogP contribution in [0.3, 0.4) is 0 Å². The standard InChI is InChI=1S/C14H17N3O/c1-4-17-8-7-12(16-17)14(18)15-13-9-10(2)5-6-11(13)3/h5-9H,4H2,1-3H3,(H,15,18). The lowest BCUT2D eigenvalue weighted by Crippen LogP contribution is -2.14. The van der Waals surface area contributed by atoms with Crippen LogP contribution in [0.4, 0.5) is 5.69 Å². The third-order valence-corrected chi connectivity index (χ3v) is 2.84. The summed E-state index contributed by atoms with van der Waals surface area (Å²) in [5.41, 5.74) is 3.45. The first-order chi connectivity index (χ1) is 8.60. The number of rotatable bonds is 3. The van der Waals surface area contributed by atoms with E-state index in [0.717, 1.165) is 23.4 Å². The molecule has 0 aliphatic rings. The third kappa shape index (κ3) is 2.59. The Bertz CT molecular complexity index is 572. The summed E-state index contributed by atoms with van der Waals surface area (Å²) in [7, 11) is 0. The Labute approximate surface area is 107 Å². The minimum absolute atomic E-state index is 0.170. The van der Waals surface area contributed by atoms with Gasteiger partial charge in [-0.1, -0.05) is 12.1 Å². The number of anilines is 1. The molecule has 1 aromatic heterocycles. The summed E-state index contributed by atoms with van der Waals surface area (Å²) < 4.78 is 1.73. The van der Waals surface area contributed by atoms with E-state index in [0.29, 0.717) is 5.69 Å². The number of carbonyl (C=O) groups is 1. The number of nitrogens with one attached hydrogen (secondary N) is 1. The van der Waals surface area contributed by atoms with E-state index in [1.54, 1.807) is 16.9 Å². The predicted molar refractivity (Wildman–Crippen MR) is 71.8 cm³/mol. The number of aryl methyl sites for hydroxylation is 3. The molecule has 0 unspecified atom stereocenters. The molecule has 18 heavy (non-hydrogen) atoms. The largest absolute Gasteiger partial charge is 0.320 e. The molecule has 0 fully saturated rings. The molecule has 1 N–H and O–H groups in total. The highest BCUT2D eigenvalue weighted by atomic mass is 16.1. The molecule has 0 spiro atoms. The van der Waals surface area contributed by atoms with E-state index in [9.17, 15) is 4.79 Å². The second-order valence-corrected chi connectivity index (χ2v) is 4.33. The van der Waals surface area contributed by atoms with Gasteiger partial charge >= 0.3 is 0 Å². The average molecular weight is 243 g/mol. The van der Waals surface area contributed by atoms with Crippen LogP contribution in [0.5, 0.6) is 0 Å². The summed E-state index contributed by atoms with van der Waals surface area (Å²) in [5, 5.41) is 7.07. The maximum atomic E-state index is 12.0. The van der Waals surface area contributed by atoms with Gasteiger partial charge in [0, 0.05) is 18.4 Å². The first kappa shape index (κ1) is 12.4. The van der Waals surface area contributed by atoms with Crippen molar-refractivity contribution >= 4 is 11.6 Å². The summed E-state index contributed by atoms with van der Waals surface area (Å²) in [6.45, 7) is 6.72. The Morgan fingerprint density at radius 1 is 1.33 bits per heavy atom. The van der Waals surface area contributed by atoms with Crippen molar-refractivity contribution in [3.63, 3.8) is 0 Å². The summed E-state index contributed by atoms with van der Waals surface area (Å²) in [6, 6.07) is 7.71. The monoisotopic (exact) mass is 243 g/mol. The quantitative estimate of drug-likeness (QED) is 0.901. The van der Waals surface area contributed by atoms with E-state index in [1.165, 1.54) is 0 Å². The number of amides is 1. The Hall–Kier alpha value is -2.10. The van der Waals surface area contributed by atoms with Gasteiger partial charge in [-0.15, -0.1) is 0 Å². The highest BCUT2D eigenvalue weighted by Crippen LogP contribution is 2.17. The lowest BCUT2D eigenvalue weighted by atomic mass is 10.1.